The van der Waals surface area contributed by atoms with E-state index < -0.39 is 5.97 Å². The summed E-state index contributed by atoms with van der Waals surface area (Å²) in [6, 6.07) is 10.8. The molecule has 1 fully saturated rings. The van der Waals surface area contributed by atoms with Crippen molar-refractivity contribution in [2.75, 3.05) is 37.5 Å². The van der Waals surface area contributed by atoms with Gasteiger partial charge in [0.05, 0.1) is 43.8 Å². The van der Waals surface area contributed by atoms with Crippen molar-refractivity contribution in [2.24, 2.45) is 0 Å². The topological polar surface area (TPSA) is 81.0 Å². The molecule has 2 heterocycles. The minimum atomic E-state index is -0.437. The molecule has 7 heteroatoms. The molecule has 30 heavy (non-hydrogen) atoms. The first-order chi connectivity index (χ1) is 14.6. The van der Waals surface area contributed by atoms with E-state index in [1.165, 1.54) is 7.11 Å². The molecular formula is C23H24N2O5. The fourth-order valence-electron chi connectivity index (χ4n) is 3.81. The lowest BCUT2D eigenvalue weighted by Gasteiger charge is -2.22. The maximum Gasteiger partial charge on any atom is 0.337 e. The number of furan rings is 1. The lowest BCUT2D eigenvalue weighted by atomic mass is 10.1. The van der Waals surface area contributed by atoms with Gasteiger partial charge < -0.3 is 24.1 Å². The molecule has 0 saturated carbocycles. The van der Waals surface area contributed by atoms with Crippen LogP contribution in [0.25, 0.3) is 11.0 Å². The molecule has 7 nitrogen and oxygen atoms in total. The van der Waals surface area contributed by atoms with Gasteiger partial charge in [0, 0.05) is 30.1 Å². The maximum atomic E-state index is 12.9. The first kappa shape index (κ1) is 19.8. The van der Waals surface area contributed by atoms with E-state index in [1.807, 2.05) is 18.2 Å². The van der Waals surface area contributed by atoms with Gasteiger partial charge in [0.15, 0.2) is 0 Å². The molecule has 156 valence electrons. The second-order valence-corrected chi connectivity index (χ2v) is 7.27. The van der Waals surface area contributed by atoms with Gasteiger partial charge in [0.2, 0.25) is 5.91 Å². The molecule has 0 atom stereocenters. The number of methoxy groups -OCH3 is 2. The van der Waals surface area contributed by atoms with Crippen molar-refractivity contribution in [1.29, 1.82) is 0 Å². The molecular weight excluding hydrogens is 384 g/mol. The van der Waals surface area contributed by atoms with E-state index in [1.54, 1.807) is 31.6 Å². The molecule has 2 aromatic carbocycles. The summed E-state index contributed by atoms with van der Waals surface area (Å²) in [5, 5.41) is 3.85. The Bertz CT molecular complexity index is 1080. The number of nitrogens with one attached hydrogen (secondary N) is 1. The number of benzene rings is 2. The zero-order valence-electron chi connectivity index (χ0n) is 17.1. The fourth-order valence-corrected chi connectivity index (χ4v) is 3.81. The fraction of sp³-hybridized carbons (Fsp3) is 0.304. The van der Waals surface area contributed by atoms with Crippen LogP contribution in [0.1, 0.15) is 28.8 Å². The first-order valence-electron chi connectivity index (χ1n) is 9.90. The van der Waals surface area contributed by atoms with E-state index in [-0.39, 0.29) is 12.3 Å². The summed E-state index contributed by atoms with van der Waals surface area (Å²) in [6.45, 7) is 1.85. The van der Waals surface area contributed by atoms with Crippen molar-refractivity contribution in [3.8, 4) is 5.75 Å². The number of ether oxygens (including phenoxy) is 2. The zero-order valence-corrected chi connectivity index (χ0v) is 17.1. The summed E-state index contributed by atoms with van der Waals surface area (Å²) < 4.78 is 15.6. The van der Waals surface area contributed by atoms with Gasteiger partial charge in [-0.1, -0.05) is 0 Å². The van der Waals surface area contributed by atoms with Crippen LogP contribution in [0.4, 0.5) is 11.4 Å². The first-order valence-corrected chi connectivity index (χ1v) is 9.90. The summed E-state index contributed by atoms with van der Waals surface area (Å²) >= 11 is 0. The Hall–Kier alpha value is -3.48. The molecule has 1 aromatic heterocycles. The molecule has 1 saturated heterocycles. The summed E-state index contributed by atoms with van der Waals surface area (Å²) in [4.78, 5) is 27.0. The highest BCUT2D eigenvalue weighted by Gasteiger charge is 2.20. The number of rotatable bonds is 6. The summed E-state index contributed by atoms with van der Waals surface area (Å²) in [5.74, 6) is 0.0759. The average molecular weight is 408 g/mol. The quantitative estimate of drug-likeness (QED) is 0.621. The Kier molecular flexibility index (Phi) is 5.61. The number of hydrogen-bond acceptors (Lipinski definition) is 6. The lowest BCUT2D eigenvalue weighted by molar-refractivity contribution is -0.115. The highest BCUT2D eigenvalue weighted by molar-refractivity contribution is 6.00. The van der Waals surface area contributed by atoms with Crippen molar-refractivity contribution < 1.29 is 23.5 Å². The summed E-state index contributed by atoms with van der Waals surface area (Å²) in [6.07, 6.45) is 3.96. The van der Waals surface area contributed by atoms with Crippen molar-refractivity contribution in [2.45, 2.75) is 19.3 Å². The van der Waals surface area contributed by atoms with Crippen LogP contribution >= 0.6 is 0 Å². The van der Waals surface area contributed by atoms with E-state index in [4.69, 9.17) is 13.9 Å². The standard InChI is InChI=1S/C23H24N2O5/c1-28-17-6-7-18-16(14-30-21(18)13-17)12-22(26)24-19-11-15(23(27)29-2)5-8-20(19)25-9-3-4-10-25/h5-8,11,13-14H,3-4,9-10,12H2,1-2H3,(H,24,26). The number of nitrogens with zero attached hydrogens (tertiary/aromatic N) is 1. The SMILES string of the molecule is COC(=O)c1ccc(N2CCCC2)c(NC(=O)Cc2coc3cc(OC)ccc23)c1. The number of amides is 1. The minimum Gasteiger partial charge on any atom is -0.497 e. The van der Waals surface area contributed by atoms with E-state index in [2.05, 4.69) is 10.2 Å². The minimum absolute atomic E-state index is 0.154. The van der Waals surface area contributed by atoms with E-state index in [0.717, 1.165) is 42.6 Å². The summed E-state index contributed by atoms with van der Waals surface area (Å²) in [5.41, 5.74) is 3.38. The van der Waals surface area contributed by atoms with E-state index >= 15 is 0 Å². The van der Waals surface area contributed by atoms with Crippen LogP contribution in [0.2, 0.25) is 0 Å². The normalized spacial score (nSPS) is 13.5. The summed E-state index contributed by atoms with van der Waals surface area (Å²) in [7, 11) is 2.94. The highest BCUT2D eigenvalue weighted by Crippen LogP contribution is 2.31. The number of hydrogen-bond donors (Lipinski definition) is 1. The average Bonchev–Trinajstić information content (AvgIpc) is 3.43. The van der Waals surface area contributed by atoms with Gasteiger partial charge in [-0.2, -0.15) is 0 Å². The Morgan fingerprint density at radius 2 is 1.90 bits per heavy atom. The number of carbonyl (C=O) groups is 2. The molecule has 0 aliphatic carbocycles. The second-order valence-electron chi connectivity index (χ2n) is 7.27. The molecule has 0 bridgehead atoms. The van der Waals surface area contributed by atoms with Crippen molar-refractivity contribution >= 4 is 34.2 Å². The smallest absolute Gasteiger partial charge is 0.337 e. The Labute approximate surface area is 174 Å². The third-order valence-electron chi connectivity index (χ3n) is 5.35. The lowest BCUT2D eigenvalue weighted by Crippen LogP contribution is -2.22. The van der Waals surface area contributed by atoms with Crippen LogP contribution in [0.15, 0.2) is 47.1 Å². The van der Waals surface area contributed by atoms with Crippen LogP contribution in [-0.2, 0) is 16.0 Å². The van der Waals surface area contributed by atoms with E-state index in [9.17, 15) is 9.59 Å². The Morgan fingerprint density at radius 3 is 2.63 bits per heavy atom. The van der Waals surface area contributed by atoms with Gasteiger partial charge in [-0.25, -0.2) is 4.79 Å². The molecule has 3 aromatic rings. The molecule has 1 amide bonds. The molecule has 1 N–H and O–H groups in total. The highest BCUT2D eigenvalue weighted by atomic mass is 16.5. The van der Waals surface area contributed by atoms with Crippen LogP contribution < -0.4 is 15.0 Å². The third-order valence-corrected chi connectivity index (χ3v) is 5.35. The third kappa shape index (κ3) is 3.96. The Morgan fingerprint density at radius 1 is 1.10 bits per heavy atom. The van der Waals surface area contributed by atoms with Gasteiger partial charge >= 0.3 is 5.97 Å². The predicted molar refractivity (Wildman–Crippen MR) is 114 cm³/mol. The molecule has 0 spiro atoms. The van der Waals surface area contributed by atoms with Gasteiger partial charge in [0.1, 0.15) is 11.3 Å². The molecule has 1 aliphatic rings. The Balaban J connectivity index is 1.58. The van der Waals surface area contributed by atoms with Crippen molar-refractivity contribution in [3.05, 3.63) is 53.8 Å². The monoisotopic (exact) mass is 408 g/mol. The largest absolute Gasteiger partial charge is 0.497 e. The van der Waals surface area contributed by atoms with Gasteiger partial charge in [-0.15, -0.1) is 0 Å². The molecule has 0 radical (unpaired) electrons. The van der Waals surface area contributed by atoms with Crippen LogP contribution in [-0.4, -0.2) is 39.2 Å². The second kappa shape index (κ2) is 8.49. The molecule has 0 unspecified atom stereocenters. The zero-order chi connectivity index (χ0) is 21.1. The van der Waals surface area contributed by atoms with Gasteiger partial charge in [0.25, 0.3) is 0 Å². The van der Waals surface area contributed by atoms with Crippen molar-refractivity contribution in [1.82, 2.24) is 0 Å². The van der Waals surface area contributed by atoms with Crippen LogP contribution in [0.3, 0.4) is 0 Å². The molecule has 1 aliphatic heterocycles. The van der Waals surface area contributed by atoms with E-state index in [0.29, 0.717) is 22.6 Å². The number of esters is 1. The van der Waals surface area contributed by atoms with Crippen LogP contribution in [0.5, 0.6) is 5.75 Å². The van der Waals surface area contributed by atoms with Crippen LogP contribution in [0, 0.1) is 0 Å². The molecule has 4 rings (SSSR count). The van der Waals surface area contributed by atoms with Crippen molar-refractivity contribution in [3.63, 3.8) is 0 Å². The predicted octanol–water partition coefficient (Wildman–Crippen LogP) is 4.01. The van der Waals surface area contributed by atoms with Gasteiger partial charge in [-0.3, -0.25) is 4.79 Å². The number of fused-ring (bicyclic) bond motifs is 1. The van der Waals surface area contributed by atoms with Gasteiger partial charge in [-0.05, 0) is 43.2 Å². The maximum absolute atomic E-state index is 12.9. The number of carbonyl (C=O) groups excluding carboxylic acids is 2. The number of anilines is 2.